The van der Waals surface area contributed by atoms with Crippen LogP contribution in [-0.2, 0) is 4.74 Å². The highest BCUT2D eigenvalue weighted by Gasteiger charge is 2.25. The number of amides is 2. The van der Waals surface area contributed by atoms with Crippen LogP contribution in [0.5, 0.6) is 5.88 Å². The number of hydrogen-bond acceptors (Lipinski definition) is 6. The highest BCUT2D eigenvalue weighted by molar-refractivity contribution is 5.74. The minimum Gasteiger partial charge on any atom is -0.477 e. The van der Waals surface area contributed by atoms with Gasteiger partial charge in [0.15, 0.2) is 5.82 Å². The molecule has 1 N–H and O–H groups in total. The number of piperidine rings is 1. The SMILES string of the molecule is Cc1cc(C)n(-c2cc(OCC3CCN(C(=O)NC4CCOCC4)CC3)ncn2)n1. The van der Waals surface area contributed by atoms with Crippen LogP contribution in [0.4, 0.5) is 4.79 Å². The predicted octanol–water partition coefficient (Wildman–Crippen LogP) is 2.26. The maximum Gasteiger partial charge on any atom is 0.317 e. The van der Waals surface area contributed by atoms with Crippen molar-refractivity contribution in [2.45, 2.75) is 45.6 Å². The lowest BCUT2D eigenvalue weighted by atomic mass is 9.98. The second-order valence-electron chi connectivity index (χ2n) is 8.13. The Balaban J connectivity index is 1.24. The normalized spacial score (nSPS) is 18.4. The fourth-order valence-corrected chi connectivity index (χ4v) is 4.00. The van der Waals surface area contributed by atoms with Gasteiger partial charge in [-0.1, -0.05) is 0 Å². The lowest BCUT2D eigenvalue weighted by molar-refractivity contribution is 0.0765. The minimum atomic E-state index is 0.0478. The topological polar surface area (TPSA) is 94.4 Å². The monoisotopic (exact) mass is 414 g/mol. The van der Waals surface area contributed by atoms with Gasteiger partial charge in [-0.3, -0.25) is 0 Å². The second-order valence-corrected chi connectivity index (χ2v) is 8.13. The van der Waals surface area contributed by atoms with Crippen LogP contribution in [0, 0.1) is 19.8 Å². The molecule has 2 aliphatic rings. The zero-order valence-electron chi connectivity index (χ0n) is 17.7. The molecule has 0 saturated carbocycles. The van der Waals surface area contributed by atoms with Gasteiger partial charge in [0, 0.05) is 44.1 Å². The number of rotatable bonds is 5. The average Bonchev–Trinajstić information content (AvgIpc) is 3.11. The van der Waals surface area contributed by atoms with Crippen molar-refractivity contribution in [3.8, 4) is 11.7 Å². The number of nitrogens with zero attached hydrogens (tertiary/aromatic N) is 5. The van der Waals surface area contributed by atoms with Crippen LogP contribution in [-0.4, -0.2) is 69.6 Å². The number of carbonyl (C=O) groups excluding carboxylic acids is 1. The Kier molecular flexibility index (Phi) is 6.47. The third kappa shape index (κ3) is 5.08. The van der Waals surface area contributed by atoms with Crippen LogP contribution in [0.15, 0.2) is 18.5 Å². The van der Waals surface area contributed by atoms with E-state index >= 15 is 0 Å². The number of likely N-dealkylation sites (tertiary alicyclic amines) is 1. The summed E-state index contributed by atoms with van der Waals surface area (Å²) in [5, 5.41) is 7.60. The lowest BCUT2D eigenvalue weighted by Gasteiger charge is -2.33. The van der Waals surface area contributed by atoms with Crippen molar-refractivity contribution in [2.24, 2.45) is 5.92 Å². The maximum atomic E-state index is 12.5. The van der Waals surface area contributed by atoms with Gasteiger partial charge in [-0.05, 0) is 51.5 Å². The van der Waals surface area contributed by atoms with Crippen molar-refractivity contribution in [2.75, 3.05) is 32.9 Å². The fraction of sp³-hybridized carbons (Fsp3) is 0.619. The van der Waals surface area contributed by atoms with Gasteiger partial charge in [0.2, 0.25) is 5.88 Å². The summed E-state index contributed by atoms with van der Waals surface area (Å²) in [6.45, 7) is 7.51. The molecule has 4 heterocycles. The maximum absolute atomic E-state index is 12.5. The van der Waals surface area contributed by atoms with Crippen molar-refractivity contribution < 1.29 is 14.3 Å². The largest absolute Gasteiger partial charge is 0.477 e. The summed E-state index contributed by atoms with van der Waals surface area (Å²) in [5.74, 6) is 1.65. The Hall–Kier alpha value is -2.68. The molecule has 0 bridgehead atoms. The Labute approximate surface area is 176 Å². The molecule has 0 aromatic carbocycles. The molecule has 0 unspecified atom stereocenters. The van der Waals surface area contributed by atoms with E-state index in [4.69, 9.17) is 9.47 Å². The van der Waals surface area contributed by atoms with E-state index in [1.807, 2.05) is 30.9 Å². The summed E-state index contributed by atoms with van der Waals surface area (Å²) in [5.41, 5.74) is 1.96. The molecule has 9 nitrogen and oxygen atoms in total. The van der Waals surface area contributed by atoms with Crippen LogP contribution in [0.3, 0.4) is 0 Å². The van der Waals surface area contributed by atoms with E-state index in [2.05, 4.69) is 20.4 Å². The lowest BCUT2D eigenvalue weighted by Crippen LogP contribution is -2.49. The van der Waals surface area contributed by atoms with Gasteiger partial charge in [-0.2, -0.15) is 5.10 Å². The molecular formula is C21H30N6O3. The van der Waals surface area contributed by atoms with Crippen LogP contribution in [0.1, 0.15) is 37.1 Å². The number of hydrogen-bond donors (Lipinski definition) is 1. The zero-order chi connectivity index (χ0) is 20.9. The molecule has 0 radical (unpaired) electrons. The number of aromatic nitrogens is 4. The quantitative estimate of drug-likeness (QED) is 0.807. The van der Waals surface area contributed by atoms with Crippen LogP contribution < -0.4 is 10.1 Å². The van der Waals surface area contributed by atoms with Crippen molar-refractivity contribution in [1.29, 1.82) is 0 Å². The summed E-state index contributed by atoms with van der Waals surface area (Å²) in [4.78, 5) is 22.9. The smallest absolute Gasteiger partial charge is 0.317 e. The fourth-order valence-electron chi connectivity index (χ4n) is 4.00. The molecule has 9 heteroatoms. The van der Waals surface area contributed by atoms with Crippen molar-refractivity contribution in [3.05, 3.63) is 29.8 Å². The van der Waals surface area contributed by atoms with Gasteiger partial charge >= 0.3 is 6.03 Å². The molecular weight excluding hydrogens is 384 g/mol. The Morgan fingerprint density at radius 1 is 1.17 bits per heavy atom. The third-order valence-electron chi connectivity index (χ3n) is 5.77. The van der Waals surface area contributed by atoms with E-state index in [-0.39, 0.29) is 12.1 Å². The highest BCUT2D eigenvalue weighted by Crippen LogP contribution is 2.20. The first-order chi connectivity index (χ1) is 14.6. The van der Waals surface area contributed by atoms with Crippen LogP contribution >= 0.6 is 0 Å². The first-order valence-corrected chi connectivity index (χ1v) is 10.7. The van der Waals surface area contributed by atoms with E-state index in [0.717, 1.165) is 63.4 Å². The third-order valence-corrected chi connectivity index (χ3v) is 5.77. The van der Waals surface area contributed by atoms with Gasteiger partial charge in [0.25, 0.3) is 0 Å². The average molecular weight is 415 g/mol. The summed E-state index contributed by atoms with van der Waals surface area (Å²) in [6, 6.07) is 4.11. The second kappa shape index (κ2) is 9.42. The number of urea groups is 1. The van der Waals surface area contributed by atoms with Crippen molar-refractivity contribution >= 4 is 6.03 Å². The summed E-state index contributed by atoms with van der Waals surface area (Å²) in [6.07, 6.45) is 5.15. The number of nitrogens with one attached hydrogen (secondary N) is 1. The van der Waals surface area contributed by atoms with E-state index in [0.29, 0.717) is 24.2 Å². The molecule has 2 saturated heterocycles. The molecule has 4 rings (SSSR count). The number of aryl methyl sites for hydroxylation is 2. The van der Waals surface area contributed by atoms with E-state index in [1.54, 1.807) is 4.68 Å². The van der Waals surface area contributed by atoms with E-state index < -0.39 is 0 Å². The number of carbonyl (C=O) groups is 1. The molecule has 0 aliphatic carbocycles. The van der Waals surface area contributed by atoms with Crippen LogP contribution in [0.2, 0.25) is 0 Å². The summed E-state index contributed by atoms with van der Waals surface area (Å²) >= 11 is 0. The molecule has 2 aromatic rings. The molecule has 2 fully saturated rings. The van der Waals surface area contributed by atoms with Gasteiger partial charge in [0.05, 0.1) is 12.3 Å². The van der Waals surface area contributed by atoms with E-state index in [9.17, 15) is 4.79 Å². The first-order valence-electron chi connectivity index (χ1n) is 10.7. The van der Waals surface area contributed by atoms with Gasteiger partial charge in [-0.15, -0.1) is 0 Å². The Morgan fingerprint density at radius 3 is 2.63 bits per heavy atom. The standard InChI is InChI=1S/C21H30N6O3/c1-15-11-16(2)27(25-15)19-12-20(23-14-22-19)30-13-17-3-7-26(8-4-17)21(28)24-18-5-9-29-10-6-18/h11-12,14,17-18H,3-10,13H2,1-2H3,(H,24,28). The Bertz CT molecular complexity index is 856. The predicted molar refractivity (Wildman–Crippen MR) is 111 cm³/mol. The minimum absolute atomic E-state index is 0.0478. The molecule has 2 aromatic heterocycles. The van der Waals surface area contributed by atoms with Gasteiger partial charge in [0.1, 0.15) is 6.33 Å². The molecule has 2 amide bonds. The molecule has 30 heavy (non-hydrogen) atoms. The highest BCUT2D eigenvalue weighted by atomic mass is 16.5. The molecule has 0 atom stereocenters. The summed E-state index contributed by atoms with van der Waals surface area (Å²) in [7, 11) is 0. The number of ether oxygens (including phenoxy) is 2. The molecule has 0 spiro atoms. The van der Waals surface area contributed by atoms with Gasteiger partial charge < -0.3 is 19.7 Å². The Morgan fingerprint density at radius 2 is 1.93 bits per heavy atom. The molecule has 2 aliphatic heterocycles. The van der Waals surface area contributed by atoms with Crippen molar-refractivity contribution in [3.63, 3.8) is 0 Å². The van der Waals surface area contributed by atoms with Crippen LogP contribution in [0.25, 0.3) is 5.82 Å². The zero-order valence-corrected chi connectivity index (χ0v) is 17.7. The van der Waals surface area contributed by atoms with Gasteiger partial charge in [-0.25, -0.2) is 19.4 Å². The first kappa shape index (κ1) is 20.6. The van der Waals surface area contributed by atoms with Crippen molar-refractivity contribution in [1.82, 2.24) is 30.0 Å². The molecule has 162 valence electrons. The summed E-state index contributed by atoms with van der Waals surface area (Å²) < 4.78 is 13.1. The van der Waals surface area contributed by atoms with E-state index in [1.165, 1.54) is 6.33 Å².